The van der Waals surface area contributed by atoms with Crippen molar-refractivity contribution >= 4 is 6.29 Å². The number of carbonyl (C=O) groups is 1. The largest absolute Gasteiger partial charge is 0.489 e. The molecule has 1 aliphatic rings. The molecular weight excluding hydrogens is 164 g/mol. The van der Waals surface area contributed by atoms with Gasteiger partial charge >= 0.3 is 0 Å². The predicted octanol–water partition coefficient (Wildman–Crippen LogP) is 1.89. The molecule has 0 fully saturated rings. The summed E-state index contributed by atoms with van der Waals surface area (Å²) in [5, 5.41) is 0. The summed E-state index contributed by atoms with van der Waals surface area (Å²) in [6.07, 6.45) is 2.36. The van der Waals surface area contributed by atoms with Crippen molar-refractivity contribution in [1.29, 1.82) is 0 Å². The van der Waals surface area contributed by atoms with Crippen molar-refractivity contribution < 1.29 is 9.53 Å². The van der Waals surface area contributed by atoms with Crippen LogP contribution in [0.25, 0.3) is 0 Å². The van der Waals surface area contributed by atoms with E-state index in [9.17, 15) is 4.79 Å². The zero-order valence-electron chi connectivity index (χ0n) is 7.62. The smallest absolute Gasteiger partial charge is 0.123 e. The standard InChI is InChI=1S/C11H12O2/c1-8-3-2-4-11-10(8)7-9(13-11)5-6-12/h2-4,6,9H,5,7H2,1H3. The van der Waals surface area contributed by atoms with Gasteiger partial charge < -0.3 is 9.53 Å². The van der Waals surface area contributed by atoms with Crippen molar-refractivity contribution in [2.75, 3.05) is 0 Å². The summed E-state index contributed by atoms with van der Waals surface area (Å²) in [5.74, 6) is 0.951. The van der Waals surface area contributed by atoms with E-state index in [1.54, 1.807) is 0 Å². The fourth-order valence-corrected chi connectivity index (χ4v) is 1.74. The first-order chi connectivity index (χ1) is 6.31. The molecule has 2 heteroatoms. The molecule has 0 aliphatic carbocycles. The van der Waals surface area contributed by atoms with E-state index in [2.05, 4.69) is 13.0 Å². The van der Waals surface area contributed by atoms with Gasteiger partial charge in [0.1, 0.15) is 18.1 Å². The molecule has 1 aromatic rings. The molecule has 0 amide bonds. The fourth-order valence-electron chi connectivity index (χ4n) is 1.74. The SMILES string of the molecule is Cc1cccc2c1CC(CC=O)O2. The van der Waals surface area contributed by atoms with Crippen LogP contribution in [0.2, 0.25) is 0 Å². The Labute approximate surface area is 77.5 Å². The predicted molar refractivity (Wildman–Crippen MR) is 50.0 cm³/mol. The van der Waals surface area contributed by atoms with E-state index in [-0.39, 0.29) is 6.10 Å². The van der Waals surface area contributed by atoms with Crippen LogP contribution >= 0.6 is 0 Å². The molecule has 1 heterocycles. The fraction of sp³-hybridized carbons (Fsp3) is 0.364. The van der Waals surface area contributed by atoms with Crippen molar-refractivity contribution in [1.82, 2.24) is 0 Å². The second kappa shape index (κ2) is 3.21. The van der Waals surface area contributed by atoms with Gasteiger partial charge in [-0.2, -0.15) is 0 Å². The number of aryl methyl sites for hydroxylation is 1. The zero-order chi connectivity index (χ0) is 9.26. The quantitative estimate of drug-likeness (QED) is 0.643. The first kappa shape index (κ1) is 8.30. The molecule has 1 unspecified atom stereocenters. The van der Waals surface area contributed by atoms with Gasteiger partial charge in [-0.3, -0.25) is 0 Å². The summed E-state index contributed by atoms with van der Waals surface area (Å²) in [6.45, 7) is 2.07. The van der Waals surface area contributed by atoms with Crippen LogP contribution in [0.4, 0.5) is 0 Å². The Morgan fingerprint density at radius 2 is 2.46 bits per heavy atom. The number of fused-ring (bicyclic) bond motifs is 1. The molecule has 0 spiro atoms. The van der Waals surface area contributed by atoms with E-state index >= 15 is 0 Å². The molecule has 1 aliphatic heterocycles. The Balaban J connectivity index is 2.24. The highest BCUT2D eigenvalue weighted by Crippen LogP contribution is 2.31. The van der Waals surface area contributed by atoms with Gasteiger partial charge in [0, 0.05) is 18.4 Å². The van der Waals surface area contributed by atoms with E-state index in [0.29, 0.717) is 6.42 Å². The molecule has 0 saturated carbocycles. The zero-order valence-corrected chi connectivity index (χ0v) is 7.62. The molecule has 1 aromatic carbocycles. The summed E-state index contributed by atoms with van der Waals surface area (Å²) in [5.41, 5.74) is 2.51. The molecule has 0 bridgehead atoms. The Morgan fingerprint density at radius 1 is 1.62 bits per heavy atom. The average Bonchev–Trinajstić information content (AvgIpc) is 2.49. The van der Waals surface area contributed by atoms with Crippen molar-refractivity contribution in [3.05, 3.63) is 29.3 Å². The van der Waals surface area contributed by atoms with E-state index in [1.165, 1.54) is 11.1 Å². The molecule has 68 valence electrons. The average molecular weight is 176 g/mol. The molecule has 0 aromatic heterocycles. The second-order valence-corrected chi connectivity index (χ2v) is 3.40. The van der Waals surface area contributed by atoms with Crippen molar-refractivity contribution in [2.45, 2.75) is 25.9 Å². The lowest BCUT2D eigenvalue weighted by Gasteiger charge is -2.04. The van der Waals surface area contributed by atoms with Crippen molar-refractivity contribution in [3.8, 4) is 5.75 Å². The van der Waals surface area contributed by atoms with Crippen molar-refractivity contribution in [3.63, 3.8) is 0 Å². The normalized spacial score (nSPS) is 19.3. The van der Waals surface area contributed by atoms with E-state index < -0.39 is 0 Å². The number of hydrogen-bond acceptors (Lipinski definition) is 2. The van der Waals surface area contributed by atoms with E-state index in [0.717, 1.165) is 18.5 Å². The van der Waals surface area contributed by atoms with Crippen LogP contribution in [0, 0.1) is 6.92 Å². The van der Waals surface area contributed by atoms with E-state index in [4.69, 9.17) is 4.74 Å². The molecule has 13 heavy (non-hydrogen) atoms. The maximum atomic E-state index is 10.3. The molecule has 0 radical (unpaired) electrons. The van der Waals surface area contributed by atoms with Gasteiger partial charge in [0.15, 0.2) is 0 Å². The van der Waals surface area contributed by atoms with Gasteiger partial charge in [0.25, 0.3) is 0 Å². The summed E-state index contributed by atoms with van der Waals surface area (Å²) in [6, 6.07) is 6.02. The third kappa shape index (κ3) is 1.44. The Bertz CT molecular complexity index is 331. The highest BCUT2D eigenvalue weighted by molar-refractivity contribution is 5.52. The van der Waals surface area contributed by atoms with Gasteiger partial charge in [0.2, 0.25) is 0 Å². The third-order valence-electron chi connectivity index (χ3n) is 2.45. The van der Waals surface area contributed by atoms with Gasteiger partial charge in [-0.25, -0.2) is 0 Å². The molecule has 0 saturated heterocycles. The molecule has 2 nitrogen and oxygen atoms in total. The summed E-state index contributed by atoms with van der Waals surface area (Å²) in [7, 11) is 0. The summed E-state index contributed by atoms with van der Waals surface area (Å²) >= 11 is 0. The minimum absolute atomic E-state index is 0.0635. The van der Waals surface area contributed by atoms with Crippen LogP contribution in [0.5, 0.6) is 5.75 Å². The van der Waals surface area contributed by atoms with Crippen LogP contribution in [0.3, 0.4) is 0 Å². The molecule has 0 N–H and O–H groups in total. The van der Waals surface area contributed by atoms with Crippen LogP contribution in [0.15, 0.2) is 18.2 Å². The summed E-state index contributed by atoms with van der Waals surface area (Å²) in [4.78, 5) is 10.3. The summed E-state index contributed by atoms with van der Waals surface area (Å²) < 4.78 is 5.60. The minimum atomic E-state index is 0.0635. The van der Waals surface area contributed by atoms with Crippen LogP contribution in [0.1, 0.15) is 17.5 Å². The third-order valence-corrected chi connectivity index (χ3v) is 2.45. The number of aldehydes is 1. The first-order valence-electron chi connectivity index (χ1n) is 4.50. The number of rotatable bonds is 2. The van der Waals surface area contributed by atoms with E-state index in [1.807, 2.05) is 12.1 Å². The highest BCUT2D eigenvalue weighted by Gasteiger charge is 2.23. The molecular formula is C11H12O2. The minimum Gasteiger partial charge on any atom is -0.489 e. The second-order valence-electron chi connectivity index (χ2n) is 3.40. The maximum Gasteiger partial charge on any atom is 0.123 e. The molecule has 2 rings (SSSR count). The van der Waals surface area contributed by atoms with Gasteiger partial charge in [-0.05, 0) is 18.6 Å². The van der Waals surface area contributed by atoms with Crippen LogP contribution < -0.4 is 4.74 Å². The Kier molecular flexibility index (Phi) is 2.05. The lowest BCUT2D eigenvalue weighted by Crippen LogP contribution is -2.12. The number of ether oxygens (including phenoxy) is 1. The Morgan fingerprint density at radius 3 is 3.15 bits per heavy atom. The van der Waals surface area contributed by atoms with Gasteiger partial charge in [-0.1, -0.05) is 12.1 Å². The Hall–Kier alpha value is -1.31. The number of benzene rings is 1. The highest BCUT2D eigenvalue weighted by atomic mass is 16.5. The number of hydrogen-bond donors (Lipinski definition) is 0. The first-order valence-corrected chi connectivity index (χ1v) is 4.50. The van der Waals surface area contributed by atoms with Crippen LogP contribution in [-0.2, 0) is 11.2 Å². The van der Waals surface area contributed by atoms with Gasteiger partial charge in [0.05, 0.1) is 0 Å². The lowest BCUT2D eigenvalue weighted by atomic mass is 10.0. The maximum absolute atomic E-state index is 10.3. The number of carbonyl (C=O) groups excluding carboxylic acids is 1. The molecule has 1 atom stereocenters. The van der Waals surface area contributed by atoms with Crippen molar-refractivity contribution in [2.24, 2.45) is 0 Å². The topological polar surface area (TPSA) is 26.3 Å². The van der Waals surface area contributed by atoms with Crippen LogP contribution in [-0.4, -0.2) is 12.4 Å². The monoisotopic (exact) mass is 176 g/mol. The lowest BCUT2D eigenvalue weighted by molar-refractivity contribution is -0.109. The van der Waals surface area contributed by atoms with Gasteiger partial charge in [-0.15, -0.1) is 0 Å².